The Balaban J connectivity index is 0.000000612. The van der Waals surface area contributed by atoms with Crippen molar-refractivity contribution >= 4 is 12.4 Å². The fourth-order valence-corrected chi connectivity index (χ4v) is 1.48. The van der Waals surface area contributed by atoms with Crippen LogP contribution in [0.2, 0.25) is 0 Å². The van der Waals surface area contributed by atoms with E-state index in [1.165, 1.54) is 0 Å². The van der Waals surface area contributed by atoms with E-state index in [4.69, 9.17) is 9.90 Å². The van der Waals surface area contributed by atoms with Crippen molar-refractivity contribution in [2.75, 3.05) is 14.1 Å². The predicted octanol–water partition coefficient (Wildman–Crippen LogP) is 0.734. The van der Waals surface area contributed by atoms with Gasteiger partial charge in [-0.15, -0.1) is 0 Å². The third-order valence-corrected chi connectivity index (χ3v) is 2.44. The lowest BCUT2D eigenvalue weighted by molar-refractivity contribution is -0.129. The number of carbonyl (C=O) groups excluding carboxylic acids is 1. The molecule has 7 nitrogen and oxygen atoms in total. The molecule has 2 aromatic rings. The van der Waals surface area contributed by atoms with Gasteiger partial charge in [0.15, 0.2) is 0 Å². The smallest absolute Gasteiger partial charge is 0.290 e. The topological polar surface area (TPSA) is 88.3 Å². The number of nitrogens with zero attached hydrogens (tertiary/aromatic N) is 4. The summed E-state index contributed by atoms with van der Waals surface area (Å²) < 4.78 is 1.82. The van der Waals surface area contributed by atoms with Crippen molar-refractivity contribution in [1.29, 1.82) is 0 Å². The first kappa shape index (κ1) is 15.4. The Hall–Kier alpha value is -2.70. The largest absolute Gasteiger partial charge is 0.483 e. The van der Waals surface area contributed by atoms with Crippen LogP contribution >= 0.6 is 0 Å². The van der Waals surface area contributed by atoms with Gasteiger partial charge < -0.3 is 14.6 Å². The first-order valence-electron chi connectivity index (χ1n) is 5.79. The summed E-state index contributed by atoms with van der Waals surface area (Å²) in [6, 6.07) is 3.77. The Labute approximate surface area is 116 Å². The fourth-order valence-electron chi connectivity index (χ4n) is 1.48. The van der Waals surface area contributed by atoms with Crippen LogP contribution in [0.4, 0.5) is 0 Å². The van der Waals surface area contributed by atoms with Crippen LogP contribution in [0.15, 0.2) is 36.9 Å². The van der Waals surface area contributed by atoms with Gasteiger partial charge >= 0.3 is 0 Å². The first-order valence-corrected chi connectivity index (χ1v) is 5.79. The van der Waals surface area contributed by atoms with Crippen LogP contribution in [0.25, 0.3) is 11.4 Å². The lowest BCUT2D eigenvalue weighted by Crippen LogP contribution is -2.26. The average molecular weight is 276 g/mol. The van der Waals surface area contributed by atoms with Gasteiger partial charge in [-0.3, -0.25) is 14.6 Å². The predicted molar refractivity (Wildman–Crippen MR) is 72.8 cm³/mol. The van der Waals surface area contributed by atoms with Gasteiger partial charge in [0.2, 0.25) is 5.91 Å². The minimum atomic E-state index is -0.250. The molecule has 0 aliphatic heterocycles. The summed E-state index contributed by atoms with van der Waals surface area (Å²) in [5.41, 5.74) is 0.907. The third kappa shape index (κ3) is 4.20. The maximum atomic E-state index is 11.7. The number of carbonyl (C=O) groups is 2. The number of aromatic nitrogens is 3. The minimum Gasteiger partial charge on any atom is -0.483 e. The highest BCUT2D eigenvalue weighted by Crippen LogP contribution is 2.15. The Morgan fingerprint density at radius 2 is 2.15 bits per heavy atom. The van der Waals surface area contributed by atoms with E-state index in [9.17, 15) is 4.79 Å². The van der Waals surface area contributed by atoms with Crippen LogP contribution < -0.4 is 0 Å². The molecule has 0 unspecified atom stereocenters. The molecule has 1 N–H and O–H groups in total. The lowest BCUT2D eigenvalue weighted by atomic mass is 10.3. The SMILES string of the molecule is CN(C)C(=O)Cn1ccnc1-c1cccnc1.O=CO. The molecule has 0 aliphatic carbocycles. The number of carboxylic acid groups (broad SMARTS) is 1. The molecule has 2 aromatic heterocycles. The van der Waals surface area contributed by atoms with Crippen molar-refractivity contribution in [3.8, 4) is 11.4 Å². The Morgan fingerprint density at radius 1 is 1.45 bits per heavy atom. The van der Waals surface area contributed by atoms with Crippen molar-refractivity contribution in [3.05, 3.63) is 36.9 Å². The van der Waals surface area contributed by atoms with Crippen molar-refractivity contribution < 1.29 is 14.7 Å². The normalized spacial score (nSPS) is 9.30. The average Bonchev–Trinajstić information content (AvgIpc) is 2.88. The molecule has 2 rings (SSSR count). The summed E-state index contributed by atoms with van der Waals surface area (Å²) in [4.78, 5) is 29.9. The van der Waals surface area contributed by atoms with E-state index in [0.717, 1.165) is 11.4 Å². The van der Waals surface area contributed by atoms with Gasteiger partial charge in [0.05, 0.1) is 0 Å². The number of hydrogen-bond acceptors (Lipinski definition) is 4. The van der Waals surface area contributed by atoms with Gasteiger partial charge in [0, 0.05) is 44.4 Å². The van der Waals surface area contributed by atoms with Crippen molar-refractivity contribution in [1.82, 2.24) is 19.4 Å². The molecule has 2 heterocycles. The number of likely N-dealkylation sites (N-methyl/N-ethyl adjacent to an activating group) is 1. The van der Waals surface area contributed by atoms with Gasteiger partial charge in [-0.2, -0.15) is 0 Å². The van der Waals surface area contributed by atoms with Crippen LogP contribution in [-0.2, 0) is 16.1 Å². The zero-order valence-electron chi connectivity index (χ0n) is 11.3. The van der Waals surface area contributed by atoms with Crippen molar-refractivity contribution in [2.45, 2.75) is 6.54 Å². The molecule has 0 fully saturated rings. The molecule has 0 saturated heterocycles. The highest BCUT2D eigenvalue weighted by Gasteiger charge is 2.10. The number of pyridine rings is 1. The Morgan fingerprint density at radius 3 is 2.70 bits per heavy atom. The summed E-state index contributed by atoms with van der Waals surface area (Å²) in [5.74, 6) is 0.793. The molecule has 0 bridgehead atoms. The van der Waals surface area contributed by atoms with E-state index in [-0.39, 0.29) is 18.9 Å². The van der Waals surface area contributed by atoms with Crippen molar-refractivity contribution in [3.63, 3.8) is 0 Å². The second-order valence-electron chi connectivity index (χ2n) is 4.01. The highest BCUT2D eigenvalue weighted by molar-refractivity contribution is 5.76. The quantitative estimate of drug-likeness (QED) is 0.835. The maximum absolute atomic E-state index is 11.7. The summed E-state index contributed by atoms with van der Waals surface area (Å²) in [5, 5.41) is 6.89. The molecule has 1 amide bonds. The van der Waals surface area contributed by atoms with Gasteiger partial charge in [0.25, 0.3) is 6.47 Å². The van der Waals surface area contributed by atoms with Gasteiger partial charge in [-0.05, 0) is 12.1 Å². The summed E-state index contributed by atoms with van der Waals surface area (Å²) in [6.07, 6.45) is 6.93. The molecule has 0 saturated carbocycles. The molecular weight excluding hydrogens is 260 g/mol. The standard InChI is InChI=1S/C12H14N4O.CH2O2/c1-15(2)11(17)9-16-7-6-14-12(16)10-4-3-5-13-8-10;2-1-3/h3-8H,9H2,1-2H3;1H,(H,2,3). The molecular formula is C13H16N4O3. The second kappa shape index (κ2) is 7.67. The van der Waals surface area contributed by atoms with Crippen molar-refractivity contribution in [2.24, 2.45) is 0 Å². The van der Waals surface area contributed by atoms with Gasteiger partial charge in [-0.25, -0.2) is 4.98 Å². The second-order valence-corrected chi connectivity index (χ2v) is 4.01. The molecule has 0 atom stereocenters. The number of rotatable bonds is 3. The summed E-state index contributed by atoms with van der Waals surface area (Å²) in [6.45, 7) is 0.0389. The lowest BCUT2D eigenvalue weighted by Gasteiger charge is -2.12. The number of amides is 1. The van der Waals surface area contributed by atoms with E-state index in [1.54, 1.807) is 43.8 Å². The van der Waals surface area contributed by atoms with E-state index >= 15 is 0 Å². The summed E-state index contributed by atoms with van der Waals surface area (Å²) in [7, 11) is 3.48. The van der Waals surface area contributed by atoms with Crippen LogP contribution in [0.5, 0.6) is 0 Å². The van der Waals surface area contributed by atoms with Gasteiger partial charge in [0.1, 0.15) is 12.4 Å². The van der Waals surface area contributed by atoms with Gasteiger partial charge in [-0.1, -0.05) is 0 Å². The van der Waals surface area contributed by atoms with E-state index in [2.05, 4.69) is 9.97 Å². The van der Waals surface area contributed by atoms with Crippen LogP contribution in [-0.4, -0.2) is 51.0 Å². The fraction of sp³-hybridized carbons (Fsp3) is 0.231. The molecule has 0 radical (unpaired) electrons. The molecule has 0 spiro atoms. The van der Waals surface area contributed by atoms with Crippen LogP contribution in [0, 0.1) is 0 Å². The van der Waals surface area contributed by atoms with E-state index in [0.29, 0.717) is 0 Å². The van der Waals surface area contributed by atoms with Crippen LogP contribution in [0.1, 0.15) is 0 Å². The monoisotopic (exact) mass is 276 g/mol. The Kier molecular flexibility index (Phi) is 5.89. The molecule has 7 heteroatoms. The molecule has 0 aliphatic rings. The zero-order valence-corrected chi connectivity index (χ0v) is 11.3. The Bertz CT molecular complexity index is 552. The third-order valence-electron chi connectivity index (χ3n) is 2.44. The summed E-state index contributed by atoms with van der Waals surface area (Å²) >= 11 is 0. The maximum Gasteiger partial charge on any atom is 0.290 e. The van der Waals surface area contributed by atoms with Crippen LogP contribution in [0.3, 0.4) is 0 Å². The minimum absolute atomic E-state index is 0.0353. The molecule has 20 heavy (non-hydrogen) atoms. The molecule has 0 aromatic carbocycles. The first-order chi connectivity index (χ1) is 9.60. The van der Waals surface area contributed by atoms with E-state index < -0.39 is 0 Å². The zero-order chi connectivity index (χ0) is 15.0. The number of hydrogen-bond donors (Lipinski definition) is 1. The molecule has 106 valence electrons. The number of imidazole rings is 1. The highest BCUT2D eigenvalue weighted by atomic mass is 16.3. The van der Waals surface area contributed by atoms with E-state index in [1.807, 2.05) is 16.7 Å².